The van der Waals surface area contributed by atoms with Crippen molar-refractivity contribution in [3.05, 3.63) is 35.9 Å². The van der Waals surface area contributed by atoms with Crippen LogP contribution < -0.4 is 5.32 Å². The van der Waals surface area contributed by atoms with Crippen LogP contribution in [0.4, 0.5) is 0 Å². The highest BCUT2D eigenvalue weighted by molar-refractivity contribution is 5.94. The van der Waals surface area contributed by atoms with Gasteiger partial charge in [-0.25, -0.2) is 0 Å². The van der Waals surface area contributed by atoms with E-state index in [1.165, 1.54) is 32.2 Å². The van der Waals surface area contributed by atoms with E-state index in [0.717, 1.165) is 31.0 Å². The predicted octanol–water partition coefficient (Wildman–Crippen LogP) is 2.68. The molecule has 0 bridgehead atoms. The van der Waals surface area contributed by atoms with Crippen molar-refractivity contribution in [1.29, 1.82) is 0 Å². The number of benzene rings is 1. The third-order valence-electron chi connectivity index (χ3n) is 4.63. The van der Waals surface area contributed by atoms with Crippen LogP contribution in [0.1, 0.15) is 42.5 Å². The number of amides is 1. The highest BCUT2D eigenvalue weighted by atomic mass is 16.1. The van der Waals surface area contributed by atoms with Gasteiger partial charge in [0, 0.05) is 31.2 Å². The molecule has 2 aliphatic rings. The van der Waals surface area contributed by atoms with Crippen molar-refractivity contribution < 1.29 is 4.79 Å². The minimum Gasteiger partial charge on any atom is -0.348 e. The minimum atomic E-state index is 0.0679. The van der Waals surface area contributed by atoms with Crippen LogP contribution in [-0.2, 0) is 0 Å². The van der Waals surface area contributed by atoms with Gasteiger partial charge in [0.05, 0.1) is 0 Å². The minimum absolute atomic E-state index is 0.0679. The van der Waals surface area contributed by atoms with Crippen LogP contribution >= 0.6 is 0 Å². The van der Waals surface area contributed by atoms with Gasteiger partial charge in [0.15, 0.2) is 0 Å². The van der Waals surface area contributed by atoms with E-state index in [9.17, 15) is 4.79 Å². The first-order chi connectivity index (χ1) is 9.81. The molecule has 108 valence electrons. The second-order valence-corrected chi connectivity index (χ2v) is 6.24. The van der Waals surface area contributed by atoms with Crippen molar-refractivity contribution >= 4 is 5.91 Å². The zero-order valence-electron chi connectivity index (χ0n) is 12.1. The van der Waals surface area contributed by atoms with Crippen LogP contribution in [0.2, 0.25) is 0 Å². The van der Waals surface area contributed by atoms with Gasteiger partial charge < -0.3 is 10.2 Å². The lowest BCUT2D eigenvalue weighted by atomic mass is 10.1. The smallest absolute Gasteiger partial charge is 0.251 e. The molecule has 1 atom stereocenters. The molecule has 0 radical (unpaired) electrons. The Balaban J connectivity index is 1.46. The first-order valence-electron chi connectivity index (χ1n) is 7.89. The molecule has 0 spiro atoms. The summed E-state index contributed by atoms with van der Waals surface area (Å²) in [5.41, 5.74) is 0.766. The van der Waals surface area contributed by atoms with Crippen molar-refractivity contribution in [2.75, 3.05) is 19.6 Å². The van der Waals surface area contributed by atoms with Crippen molar-refractivity contribution in [3.63, 3.8) is 0 Å². The lowest BCUT2D eigenvalue weighted by molar-refractivity contribution is 0.0937. The number of nitrogens with zero attached hydrogens (tertiary/aromatic N) is 1. The molecule has 1 N–H and O–H groups in total. The van der Waals surface area contributed by atoms with Gasteiger partial charge in [-0.3, -0.25) is 4.79 Å². The Morgan fingerprint density at radius 3 is 2.65 bits per heavy atom. The summed E-state index contributed by atoms with van der Waals surface area (Å²) < 4.78 is 0. The number of hydrogen-bond acceptors (Lipinski definition) is 2. The largest absolute Gasteiger partial charge is 0.348 e. The average Bonchev–Trinajstić information content (AvgIpc) is 3.12. The van der Waals surface area contributed by atoms with E-state index in [1.54, 1.807) is 0 Å². The predicted molar refractivity (Wildman–Crippen MR) is 80.7 cm³/mol. The van der Waals surface area contributed by atoms with Gasteiger partial charge in [-0.1, -0.05) is 31.0 Å². The fourth-order valence-electron chi connectivity index (χ4n) is 3.53. The highest BCUT2D eigenvalue weighted by Gasteiger charge is 2.26. The van der Waals surface area contributed by atoms with E-state index >= 15 is 0 Å². The fraction of sp³-hybridized carbons (Fsp3) is 0.588. The molecule has 2 fully saturated rings. The molecule has 1 saturated carbocycles. The van der Waals surface area contributed by atoms with Crippen LogP contribution in [0, 0.1) is 5.92 Å². The molecule has 3 rings (SSSR count). The molecule has 1 aliphatic heterocycles. The third-order valence-corrected chi connectivity index (χ3v) is 4.63. The quantitative estimate of drug-likeness (QED) is 0.914. The molecule has 1 aromatic rings. The molecule has 0 aromatic heterocycles. The Morgan fingerprint density at radius 2 is 1.90 bits per heavy atom. The number of nitrogens with one attached hydrogen (secondary N) is 1. The summed E-state index contributed by atoms with van der Waals surface area (Å²) in [5.74, 6) is 0.969. The SMILES string of the molecule is O=C(NC1CCN(CC2CCCC2)C1)c1ccccc1. The molecule has 3 heteroatoms. The van der Waals surface area contributed by atoms with E-state index in [0.29, 0.717) is 6.04 Å². The summed E-state index contributed by atoms with van der Waals surface area (Å²) in [6.45, 7) is 3.39. The average molecular weight is 272 g/mol. The first kappa shape index (κ1) is 13.6. The number of rotatable bonds is 4. The maximum absolute atomic E-state index is 12.1. The van der Waals surface area contributed by atoms with Crippen LogP contribution in [0.15, 0.2) is 30.3 Å². The molecule has 3 nitrogen and oxygen atoms in total. The van der Waals surface area contributed by atoms with Crippen LogP contribution in [0.5, 0.6) is 0 Å². The number of carbonyl (C=O) groups excluding carboxylic acids is 1. The molecule has 1 heterocycles. The normalized spacial score (nSPS) is 24.1. The van der Waals surface area contributed by atoms with Crippen molar-refractivity contribution in [2.45, 2.75) is 38.1 Å². The molecule has 1 aromatic carbocycles. The second kappa shape index (κ2) is 6.40. The maximum atomic E-state index is 12.1. The third kappa shape index (κ3) is 3.40. The number of likely N-dealkylation sites (tertiary alicyclic amines) is 1. The van der Waals surface area contributed by atoms with E-state index < -0.39 is 0 Å². The maximum Gasteiger partial charge on any atom is 0.251 e. The van der Waals surface area contributed by atoms with Crippen LogP contribution in [-0.4, -0.2) is 36.5 Å². The van der Waals surface area contributed by atoms with Gasteiger partial charge >= 0.3 is 0 Å². The van der Waals surface area contributed by atoms with Gasteiger partial charge in [-0.05, 0) is 37.3 Å². The van der Waals surface area contributed by atoms with Crippen LogP contribution in [0.25, 0.3) is 0 Å². The summed E-state index contributed by atoms with van der Waals surface area (Å²) in [6.07, 6.45) is 6.71. The summed E-state index contributed by atoms with van der Waals surface area (Å²) in [4.78, 5) is 14.7. The first-order valence-corrected chi connectivity index (χ1v) is 7.89. The number of hydrogen-bond donors (Lipinski definition) is 1. The Kier molecular flexibility index (Phi) is 4.36. The number of carbonyl (C=O) groups is 1. The molecule has 20 heavy (non-hydrogen) atoms. The lowest BCUT2D eigenvalue weighted by Gasteiger charge is -2.20. The van der Waals surface area contributed by atoms with Gasteiger partial charge in [0.1, 0.15) is 0 Å². The lowest BCUT2D eigenvalue weighted by Crippen LogP contribution is -2.37. The van der Waals surface area contributed by atoms with Gasteiger partial charge in [-0.15, -0.1) is 0 Å². The second-order valence-electron chi connectivity index (χ2n) is 6.24. The van der Waals surface area contributed by atoms with Gasteiger partial charge in [-0.2, -0.15) is 0 Å². The Bertz CT molecular complexity index is 440. The van der Waals surface area contributed by atoms with Gasteiger partial charge in [0.25, 0.3) is 5.91 Å². The molecular weight excluding hydrogens is 248 g/mol. The van der Waals surface area contributed by atoms with Crippen molar-refractivity contribution in [1.82, 2.24) is 10.2 Å². The summed E-state index contributed by atoms with van der Waals surface area (Å²) >= 11 is 0. The zero-order valence-corrected chi connectivity index (χ0v) is 12.1. The summed E-state index contributed by atoms with van der Waals surface area (Å²) in [6, 6.07) is 9.84. The monoisotopic (exact) mass is 272 g/mol. The van der Waals surface area contributed by atoms with E-state index in [2.05, 4.69) is 10.2 Å². The van der Waals surface area contributed by atoms with Crippen molar-refractivity contribution in [3.8, 4) is 0 Å². The molecule has 1 saturated heterocycles. The van der Waals surface area contributed by atoms with Crippen LogP contribution in [0.3, 0.4) is 0 Å². The van der Waals surface area contributed by atoms with E-state index in [4.69, 9.17) is 0 Å². The van der Waals surface area contributed by atoms with Crippen molar-refractivity contribution in [2.24, 2.45) is 5.92 Å². The molecule has 1 amide bonds. The molecule has 1 unspecified atom stereocenters. The van der Waals surface area contributed by atoms with Gasteiger partial charge in [0.2, 0.25) is 0 Å². The Hall–Kier alpha value is -1.35. The molecular formula is C17H24N2O. The zero-order chi connectivity index (χ0) is 13.8. The summed E-state index contributed by atoms with van der Waals surface area (Å²) in [5, 5.41) is 3.17. The van der Waals surface area contributed by atoms with E-state index in [1.807, 2.05) is 30.3 Å². The molecule has 1 aliphatic carbocycles. The Morgan fingerprint density at radius 1 is 1.15 bits per heavy atom. The highest BCUT2D eigenvalue weighted by Crippen LogP contribution is 2.26. The van der Waals surface area contributed by atoms with E-state index in [-0.39, 0.29) is 5.91 Å². The summed E-state index contributed by atoms with van der Waals surface area (Å²) in [7, 11) is 0. The topological polar surface area (TPSA) is 32.3 Å². The fourth-order valence-corrected chi connectivity index (χ4v) is 3.53. The standard InChI is InChI=1S/C17H24N2O/c20-17(15-8-2-1-3-9-15)18-16-10-11-19(13-16)12-14-6-4-5-7-14/h1-3,8-9,14,16H,4-7,10-13H2,(H,18,20). The Labute approximate surface area is 121 Å².